The van der Waals surface area contributed by atoms with Gasteiger partial charge in [-0.25, -0.2) is 0 Å². The molecule has 0 bridgehead atoms. The van der Waals surface area contributed by atoms with Crippen LogP contribution in [0.15, 0.2) is 16.5 Å². The predicted molar refractivity (Wildman–Crippen MR) is 65.3 cm³/mol. The van der Waals surface area contributed by atoms with Crippen LogP contribution in [0.4, 0.5) is 0 Å². The molecule has 0 fully saturated rings. The Balaban J connectivity index is 2.48. The fourth-order valence-corrected chi connectivity index (χ4v) is 1.64. The van der Waals surface area contributed by atoms with Crippen LogP contribution in [-0.2, 0) is 13.0 Å². The lowest BCUT2D eigenvalue weighted by atomic mass is 9.95. The van der Waals surface area contributed by atoms with Crippen molar-refractivity contribution < 1.29 is 9.52 Å². The average Bonchev–Trinajstić information content (AvgIpc) is 2.75. The normalized spacial score (nSPS) is 15.0. The second-order valence-electron chi connectivity index (χ2n) is 4.46. The molecule has 1 aromatic rings. The van der Waals surface area contributed by atoms with E-state index >= 15 is 0 Å². The molecule has 16 heavy (non-hydrogen) atoms. The molecule has 0 aliphatic heterocycles. The van der Waals surface area contributed by atoms with Gasteiger partial charge in [0, 0.05) is 18.6 Å². The van der Waals surface area contributed by atoms with Crippen LogP contribution in [0.25, 0.3) is 0 Å². The van der Waals surface area contributed by atoms with E-state index in [-0.39, 0.29) is 12.1 Å². The molecule has 0 saturated heterocycles. The lowest BCUT2D eigenvalue weighted by Gasteiger charge is -2.28. The Kier molecular flexibility index (Phi) is 5.03. The van der Waals surface area contributed by atoms with Crippen molar-refractivity contribution in [2.45, 2.75) is 52.1 Å². The van der Waals surface area contributed by atoms with Crippen molar-refractivity contribution in [3.05, 3.63) is 23.7 Å². The highest BCUT2D eigenvalue weighted by atomic mass is 16.3. The zero-order valence-corrected chi connectivity index (χ0v) is 10.5. The summed E-state index contributed by atoms with van der Waals surface area (Å²) in [6.45, 7) is 7.28. The van der Waals surface area contributed by atoms with Gasteiger partial charge in [0.15, 0.2) is 0 Å². The Morgan fingerprint density at radius 3 is 2.50 bits per heavy atom. The van der Waals surface area contributed by atoms with Gasteiger partial charge in [-0.15, -0.1) is 0 Å². The van der Waals surface area contributed by atoms with Crippen LogP contribution in [-0.4, -0.2) is 17.3 Å². The van der Waals surface area contributed by atoms with E-state index < -0.39 is 0 Å². The standard InChI is InChI=1S/C13H23NO2/c1-4-11-6-7-12(16-11)10-14-13(3,5-2)8-9-15/h6-7,14-15H,4-5,8-10H2,1-3H3. The van der Waals surface area contributed by atoms with Gasteiger partial charge in [0.05, 0.1) is 6.54 Å². The van der Waals surface area contributed by atoms with E-state index in [2.05, 4.69) is 26.1 Å². The van der Waals surface area contributed by atoms with Gasteiger partial charge in [-0.1, -0.05) is 13.8 Å². The van der Waals surface area contributed by atoms with Crippen LogP contribution in [0.5, 0.6) is 0 Å². The molecule has 1 rings (SSSR count). The summed E-state index contributed by atoms with van der Waals surface area (Å²) < 4.78 is 5.63. The van der Waals surface area contributed by atoms with E-state index in [1.54, 1.807) is 0 Å². The predicted octanol–water partition coefficient (Wildman–Crippen LogP) is 2.48. The SMILES string of the molecule is CCc1ccc(CNC(C)(CC)CCO)o1. The molecule has 0 radical (unpaired) electrons. The van der Waals surface area contributed by atoms with E-state index in [9.17, 15) is 0 Å². The Morgan fingerprint density at radius 1 is 1.31 bits per heavy atom. The molecule has 1 unspecified atom stereocenters. The molecule has 1 aromatic heterocycles. The summed E-state index contributed by atoms with van der Waals surface area (Å²) in [5.41, 5.74) is -0.00603. The van der Waals surface area contributed by atoms with Crippen LogP contribution in [0.2, 0.25) is 0 Å². The minimum absolute atomic E-state index is 0.00603. The maximum atomic E-state index is 9.01. The van der Waals surface area contributed by atoms with Gasteiger partial charge in [0.1, 0.15) is 11.5 Å². The highest BCUT2D eigenvalue weighted by Crippen LogP contribution is 2.16. The number of nitrogens with one attached hydrogen (secondary N) is 1. The molecule has 0 saturated carbocycles. The molecule has 1 heterocycles. The van der Waals surface area contributed by atoms with E-state index in [4.69, 9.17) is 9.52 Å². The van der Waals surface area contributed by atoms with E-state index in [1.807, 2.05) is 12.1 Å². The third-order valence-electron chi connectivity index (χ3n) is 3.20. The summed E-state index contributed by atoms with van der Waals surface area (Å²) in [6, 6.07) is 4.03. The summed E-state index contributed by atoms with van der Waals surface area (Å²) in [4.78, 5) is 0. The molecule has 2 N–H and O–H groups in total. The third kappa shape index (κ3) is 3.65. The van der Waals surface area contributed by atoms with Gasteiger partial charge in [0.2, 0.25) is 0 Å². The summed E-state index contributed by atoms with van der Waals surface area (Å²) >= 11 is 0. The van der Waals surface area contributed by atoms with Gasteiger partial charge in [-0.05, 0) is 31.9 Å². The van der Waals surface area contributed by atoms with Gasteiger partial charge in [-0.2, -0.15) is 0 Å². The maximum absolute atomic E-state index is 9.01. The fourth-order valence-electron chi connectivity index (χ4n) is 1.64. The summed E-state index contributed by atoms with van der Waals surface area (Å²) in [5.74, 6) is 1.99. The molecule has 0 aromatic carbocycles. The highest BCUT2D eigenvalue weighted by molar-refractivity contribution is 5.07. The molecular weight excluding hydrogens is 202 g/mol. The monoisotopic (exact) mass is 225 g/mol. The Labute approximate surface area is 97.9 Å². The van der Waals surface area contributed by atoms with Crippen molar-refractivity contribution in [2.75, 3.05) is 6.61 Å². The zero-order chi connectivity index (χ0) is 12.0. The summed E-state index contributed by atoms with van der Waals surface area (Å²) in [5, 5.41) is 12.5. The first kappa shape index (κ1) is 13.3. The number of rotatable bonds is 7. The number of hydrogen-bond acceptors (Lipinski definition) is 3. The average molecular weight is 225 g/mol. The van der Waals surface area contributed by atoms with Crippen LogP contribution in [0.1, 0.15) is 45.1 Å². The number of aliphatic hydroxyl groups is 1. The van der Waals surface area contributed by atoms with Crippen LogP contribution < -0.4 is 5.32 Å². The molecule has 3 heteroatoms. The van der Waals surface area contributed by atoms with Crippen LogP contribution in [0, 0.1) is 0 Å². The first-order valence-corrected chi connectivity index (χ1v) is 6.07. The first-order chi connectivity index (χ1) is 7.63. The minimum Gasteiger partial charge on any atom is -0.465 e. The smallest absolute Gasteiger partial charge is 0.117 e. The molecule has 0 amide bonds. The maximum Gasteiger partial charge on any atom is 0.117 e. The van der Waals surface area contributed by atoms with Crippen LogP contribution >= 0.6 is 0 Å². The quantitative estimate of drug-likeness (QED) is 0.749. The van der Waals surface area contributed by atoms with Crippen molar-refractivity contribution >= 4 is 0 Å². The van der Waals surface area contributed by atoms with Crippen LogP contribution in [0.3, 0.4) is 0 Å². The zero-order valence-electron chi connectivity index (χ0n) is 10.5. The molecule has 0 spiro atoms. The summed E-state index contributed by atoms with van der Waals surface area (Å²) in [6.07, 6.45) is 2.70. The molecule has 0 aliphatic rings. The second kappa shape index (κ2) is 6.06. The largest absolute Gasteiger partial charge is 0.465 e. The van der Waals surface area contributed by atoms with Crippen molar-refractivity contribution in [1.29, 1.82) is 0 Å². The van der Waals surface area contributed by atoms with Gasteiger partial charge < -0.3 is 14.8 Å². The number of aryl methyl sites for hydroxylation is 1. The van der Waals surface area contributed by atoms with Gasteiger partial charge in [-0.3, -0.25) is 0 Å². The van der Waals surface area contributed by atoms with Crippen molar-refractivity contribution in [3.63, 3.8) is 0 Å². The number of furan rings is 1. The molecule has 0 aliphatic carbocycles. The highest BCUT2D eigenvalue weighted by Gasteiger charge is 2.20. The lowest BCUT2D eigenvalue weighted by Crippen LogP contribution is -2.41. The Hall–Kier alpha value is -0.800. The molecule has 92 valence electrons. The fraction of sp³-hybridized carbons (Fsp3) is 0.692. The van der Waals surface area contributed by atoms with Crippen molar-refractivity contribution in [1.82, 2.24) is 5.32 Å². The number of hydrogen-bond donors (Lipinski definition) is 2. The first-order valence-electron chi connectivity index (χ1n) is 6.07. The minimum atomic E-state index is -0.00603. The summed E-state index contributed by atoms with van der Waals surface area (Å²) in [7, 11) is 0. The van der Waals surface area contributed by atoms with Gasteiger partial charge >= 0.3 is 0 Å². The third-order valence-corrected chi connectivity index (χ3v) is 3.20. The van der Waals surface area contributed by atoms with E-state index in [0.29, 0.717) is 0 Å². The molecular formula is C13H23NO2. The van der Waals surface area contributed by atoms with E-state index in [0.717, 1.165) is 37.3 Å². The van der Waals surface area contributed by atoms with E-state index in [1.165, 1.54) is 0 Å². The van der Waals surface area contributed by atoms with Crippen molar-refractivity contribution in [3.8, 4) is 0 Å². The van der Waals surface area contributed by atoms with Crippen molar-refractivity contribution in [2.24, 2.45) is 0 Å². The topological polar surface area (TPSA) is 45.4 Å². The Bertz CT molecular complexity index is 309. The molecule has 3 nitrogen and oxygen atoms in total. The lowest BCUT2D eigenvalue weighted by molar-refractivity contribution is 0.211. The molecule has 1 atom stereocenters. The Morgan fingerprint density at radius 2 is 2.00 bits per heavy atom. The van der Waals surface area contributed by atoms with Gasteiger partial charge in [0.25, 0.3) is 0 Å². The second-order valence-corrected chi connectivity index (χ2v) is 4.46. The number of aliphatic hydroxyl groups excluding tert-OH is 1.